The zero-order chi connectivity index (χ0) is 26.4. The van der Waals surface area contributed by atoms with Gasteiger partial charge in [-0.1, -0.05) is 33.8 Å². The van der Waals surface area contributed by atoms with Crippen molar-refractivity contribution in [3.05, 3.63) is 69.4 Å². The number of carbonyl (C=O) groups is 2. The molecule has 192 valence electrons. The molecule has 0 aliphatic carbocycles. The van der Waals surface area contributed by atoms with Crippen LogP contribution in [0.3, 0.4) is 0 Å². The number of rotatable bonds is 10. The number of aromatic amines is 1. The molecule has 0 spiro atoms. The number of aryl methyl sites for hydroxylation is 1. The second kappa shape index (κ2) is 11.5. The number of nitrogens with two attached hydrogens (primary N) is 1. The Morgan fingerprint density at radius 2 is 1.92 bits per heavy atom. The summed E-state index contributed by atoms with van der Waals surface area (Å²) in [6.07, 6.45) is 5.28. The van der Waals surface area contributed by atoms with Crippen molar-refractivity contribution in [1.82, 2.24) is 19.1 Å². The zero-order valence-corrected chi connectivity index (χ0v) is 21.0. The summed E-state index contributed by atoms with van der Waals surface area (Å²) in [6, 6.07) is 6.49. The molecule has 2 heterocycles. The second-order valence-electron chi connectivity index (χ2n) is 9.49. The van der Waals surface area contributed by atoms with Crippen molar-refractivity contribution in [2.75, 3.05) is 22.5 Å². The molecule has 3 aromatic rings. The van der Waals surface area contributed by atoms with Gasteiger partial charge in [0.2, 0.25) is 5.91 Å². The fraction of sp³-hybridized carbons (Fsp3) is 0.400. The maximum atomic E-state index is 13.6. The monoisotopic (exact) mass is 495 g/mol. The molecular weight excluding hydrogens is 462 g/mol. The quantitative estimate of drug-likeness (QED) is 0.393. The molecule has 0 atom stereocenters. The third kappa shape index (κ3) is 6.49. The number of nitrogen functional groups attached to an aromatic ring is 1. The number of aromatic nitrogens is 4. The van der Waals surface area contributed by atoms with Gasteiger partial charge < -0.3 is 20.5 Å². The third-order valence-electron chi connectivity index (χ3n) is 5.37. The Hall–Kier alpha value is -4.15. The molecule has 11 nitrogen and oxygen atoms in total. The van der Waals surface area contributed by atoms with Gasteiger partial charge in [0.15, 0.2) is 5.69 Å². The molecule has 0 radical (unpaired) electrons. The molecule has 11 heteroatoms. The molecule has 3 rings (SSSR count). The molecule has 0 unspecified atom stereocenters. The molecular formula is C25H33N7O4. The summed E-state index contributed by atoms with van der Waals surface area (Å²) in [5.74, 6) is -0.647. The number of anilines is 3. The van der Waals surface area contributed by atoms with Crippen molar-refractivity contribution in [2.24, 2.45) is 11.8 Å². The molecule has 0 aliphatic rings. The lowest BCUT2D eigenvalue weighted by molar-refractivity contribution is -0.116. The maximum absolute atomic E-state index is 13.6. The molecule has 0 saturated carbocycles. The van der Waals surface area contributed by atoms with Crippen LogP contribution in [0.4, 0.5) is 17.2 Å². The van der Waals surface area contributed by atoms with E-state index in [0.717, 1.165) is 0 Å². The van der Waals surface area contributed by atoms with Gasteiger partial charge in [-0.3, -0.25) is 23.9 Å². The lowest BCUT2D eigenvalue weighted by Gasteiger charge is -2.26. The summed E-state index contributed by atoms with van der Waals surface area (Å²) in [4.78, 5) is 58.8. The summed E-state index contributed by atoms with van der Waals surface area (Å²) in [5.41, 5.74) is 5.59. The Morgan fingerprint density at radius 3 is 2.56 bits per heavy atom. The van der Waals surface area contributed by atoms with Crippen LogP contribution < -0.4 is 27.2 Å². The van der Waals surface area contributed by atoms with Gasteiger partial charge in [-0.15, -0.1) is 0 Å². The minimum absolute atomic E-state index is 0.00397. The van der Waals surface area contributed by atoms with Gasteiger partial charge in [-0.25, -0.2) is 9.78 Å². The molecule has 2 aromatic heterocycles. The smallest absolute Gasteiger partial charge is 0.330 e. The lowest BCUT2D eigenvalue weighted by Crippen LogP contribution is -2.43. The highest BCUT2D eigenvalue weighted by molar-refractivity contribution is 6.08. The van der Waals surface area contributed by atoms with Gasteiger partial charge in [0.05, 0.1) is 6.33 Å². The first kappa shape index (κ1) is 26.5. The van der Waals surface area contributed by atoms with E-state index in [9.17, 15) is 19.2 Å². The first-order chi connectivity index (χ1) is 17.1. The summed E-state index contributed by atoms with van der Waals surface area (Å²) in [5, 5.41) is 2.80. The van der Waals surface area contributed by atoms with E-state index in [0.29, 0.717) is 18.8 Å². The van der Waals surface area contributed by atoms with Gasteiger partial charge in [-0.2, -0.15) is 0 Å². The largest absolute Gasteiger partial charge is 0.383 e. The van der Waals surface area contributed by atoms with E-state index in [1.54, 1.807) is 47.6 Å². The van der Waals surface area contributed by atoms with Crippen molar-refractivity contribution in [2.45, 2.75) is 47.2 Å². The predicted molar refractivity (Wildman–Crippen MR) is 139 cm³/mol. The van der Waals surface area contributed by atoms with Gasteiger partial charge in [0.25, 0.3) is 11.5 Å². The highest BCUT2D eigenvalue weighted by Gasteiger charge is 2.26. The van der Waals surface area contributed by atoms with Crippen LogP contribution in [0.5, 0.6) is 0 Å². The summed E-state index contributed by atoms with van der Waals surface area (Å²) >= 11 is 0. The van der Waals surface area contributed by atoms with Crippen molar-refractivity contribution < 1.29 is 9.59 Å². The van der Waals surface area contributed by atoms with Crippen LogP contribution in [0.2, 0.25) is 0 Å². The first-order valence-electron chi connectivity index (χ1n) is 11.9. The fourth-order valence-electron chi connectivity index (χ4n) is 3.78. The minimum Gasteiger partial charge on any atom is -0.383 e. The van der Waals surface area contributed by atoms with Crippen molar-refractivity contribution in [1.29, 1.82) is 0 Å². The third-order valence-corrected chi connectivity index (χ3v) is 5.37. The van der Waals surface area contributed by atoms with Crippen LogP contribution in [0, 0.1) is 11.8 Å². The molecule has 0 fully saturated rings. The van der Waals surface area contributed by atoms with E-state index in [4.69, 9.17) is 5.73 Å². The SMILES string of the molecule is CC(C)CN(C(=O)c1cccc(NC(=O)CCn2ccnc2)c1)c1c(N)n(CC(C)C)c(=O)[nH]c1=O. The average molecular weight is 496 g/mol. The molecule has 0 saturated heterocycles. The van der Waals surface area contributed by atoms with E-state index in [2.05, 4.69) is 15.3 Å². The van der Waals surface area contributed by atoms with Crippen molar-refractivity contribution in [3.63, 3.8) is 0 Å². The molecule has 1 aromatic carbocycles. The fourth-order valence-corrected chi connectivity index (χ4v) is 3.78. The predicted octanol–water partition coefficient (Wildman–Crippen LogP) is 2.30. The number of amides is 2. The molecule has 4 N–H and O–H groups in total. The van der Waals surface area contributed by atoms with E-state index in [1.165, 1.54) is 9.47 Å². The second-order valence-corrected chi connectivity index (χ2v) is 9.49. The number of hydrogen-bond donors (Lipinski definition) is 3. The van der Waals surface area contributed by atoms with Crippen LogP contribution in [-0.2, 0) is 17.9 Å². The summed E-state index contributed by atoms with van der Waals surface area (Å²) in [6.45, 7) is 8.62. The number of imidazole rings is 1. The molecule has 2 amide bonds. The number of hydrogen-bond acceptors (Lipinski definition) is 6. The Morgan fingerprint density at radius 1 is 1.17 bits per heavy atom. The van der Waals surface area contributed by atoms with Crippen LogP contribution in [0.15, 0.2) is 52.6 Å². The Labute approximate surface area is 209 Å². The van der Waals surface area contributed by atoms with Crippen LogP contribution in [-0.4, -0.2) is 37.5 Å². The van der Waals surface area contributed by atoms with Crippen LogP contribution in [0.25, 0.3) is 0 Å². The topological polar surface area (TPSA) is 148 Å². The lowest BCUT2D eigenvalue weighted by atomic mass is 10.1. The van der Waals surface area contributed by atoms with Gasteiger partial charge in [0, 0.05) is 49.7 Å². The van der Waals surface area contributed by atoms with Gasteiger partial charge >= 0.3 is 5.69 Å². The number of carbonyl (C=O) groups excluding carboxylic acids is 2. The van der Waals surface area contributed by atoms with Crippen LogP contribution >= 0.6 is 0 Å². The zero-order valence-electron chi connectivity index (χ0n) is 21.0. The Kier molecular flexibility index (Phi) is 8.46. The minimum atomic E-state index is -0.726. The van der Waals surface area contributed by atoms with E-state index >= 15 is 0 Å². The van der Waals surface area contributed by atoms with Crippen molar-refractivity contribution in [3.8, 4) is 0 Å². The van der Waals surface area contributed by atoms with E-state index < -0.39 is 17.2 Å². The summed E-state index contributed by atoms with van der Waals surface area (Å²) < 4.78 is 3.07. The maximum Gasteiger partial charge on any atom is 0.330 e. The number of nitrogens with one attached hydrogen (secondary N) is 2. The van der Waals surface area contributed by atoms with Crippen molar-refractivity contribution >= 4 is 29.0 Å². The number of H-pyrrole nitrogens is 1. The molecule has 36 heavy (non-hydrogen) atoms. The van der Waals surface area contributed by atoms with Gasteiger partial charge in [0.1, 0.15) is 5.82 Å². The Bertz CT molecular complexity index is 1320. The molecule has 0 bridgehead atoms. The summed E-state index contributed by atoms with van der Waals surface area (Å²) in [7, 11) is 0. The van der Waals surface area contributed by atoms with E-state index in [1.807, 2.05) is 27.7 Å². The number of nitrogens with zero attached hydrogens (tertiary/aromatic N) is 4. The van der Waals surface area contributed by atoms with Crippen LogP contribution in [0.1, 0.15) is 44.5 Å². The van der Waals surface area contributed by atoms with Gasteiger partial charge in [-0.05, 0) is 30.0 Å². The normalized spacial score (nSPS) is 11.2. The molecule has 0 aliphatic heterocycles. The highest BCUT2D eigenvalue weighted by atomic mass is 16.2. The highest BCUT2D eigenvalue weighted by Crippen LogP contribution is 2.23. The Balaban J connectivity index is 1.90. The standard InChI is InChI=1S/C25H33N7O4/c1-16(2)13-31(21-22(26)32(14-17(3)4)25(36)29-23(21)34)24(35)18-6-5-7-19(12-18)28-20(33)8-10-30-11-9-27-15-30/h5-7,9,11-12,15-17H,8,10,13-14,26H2,1-4H3,(H,28,33)(H,29,34,36). The average Bonchev–Trinajstić information content (AvgIpc) is 3.33. The first-order valence-corrected chi connectivity index (χ1v) is 11.9. The van der Waals surface area contributed by atoms with E-state index in [-0.39, 0.29) is 47.8 Å². The number of benzene rings is 1.